The van der Waals surface area contributed by atoms with E-state index in [9.17, 15) is 0 Å². The molecule has 0 amide bonds. The van der Waals surface area contributed by atoms with Gasteiger partial charge >= 0.3 is 0 Å². The lowest BCUT2D eigenvalue weighted by Gasteiger charge is -2.28. The van der Waals surface area contributed by atoms with E-state index in [1.54, 1.807) is 0 Å². The molecule has 0 N–H and O–H groups in total. The summed E-state index contributed by atoms with van der Waals surface area (Å²) in [6.45, 7) is 13.0. The van der Waals surface area contributed by atoms with Crippen LogP contribution in [0.15, 0.2) is 0 Å². The van der Waals surface area contributed by atoms with Crippen LogP contribution in [-0.4, -0.2) is 0 Å². The lowest BCUT2D eigenvalue weighted by atomic mass is 9.78. The van der Waals surface area contributed by atoms with Crippen molar-refractivity contribution in [3.05, 3.63) is 6.92 Å². The van der Waals surface area contributed by atoms with Crippen LogP contribution < -0.4 is 0 Å². The van der Waals surface area contributed by atoms with Gasteiger partial charge in [-0.3, -0.25) is 0 Å². The van der Waals surface area contributed by atoms with Crippen LogP contribution in [-0.2, 0) is 0 Å². The van der Waals surface area contributed by atoms with Crippen molar-refractivity contribution in [3.8, 4) is 0 Å². The van der Waals surface area contributed by atoms with Crippen molar-refractivity contribution in [1.29, 1.82) is 0 Å². The molecule has 0 fully saturated rings. The van der Waals surface area contributed by atoms with Gasteiger partial charge in [0.1, 0.15) is 0 Å². The molecule has 0 spiro atoms. The Morgan fingerprint density at radius 2 is 1.56 bits per heavy atom. The van der Waals surface area contributed by atoms with Gasteiger partial charge in [-0.2, -0.15) is 0 Å². The fourth-order valence-electron chi connectivity index (χ4n) is 1.39. The minimum absolute atomic E-state index is 0.267. The van der Waals surface area contributed by atoms with Gasteiger partial charge in [-0.25, -0.2) is 0 Å². The Balaban J connectivity index is 3.79. The predicted molar refractivity (Wildman–Crippen MR) is 43.2 cm³/mol. The van der Waals surface area contributed by atoms with Crippen LogP contribution in [0.3, 0.4) is 0 Å². The van der Waals surface area contributed by atoms with Crippen LogP contribution in [0.5, 0.6) is 0 Å². The van der Waals surface area contributed by atoms with E-state index in [0.29, 0.717) is 0 Å². The molecule has 0 aromatic carbocycles. The quantitative estimate of drug-likeness (QED) is 0.545. The molecule has 0 bridgehead atoms. The molecule has 0 heterocycles. The van der Waals surface area contributed by atoms with E-state index in [2.05, 4.69) is 34.6 Å². The van der Waals surface area contributed by atoms with E-state index in [4.69, 9.17) is 0 Å². The second-order valence-electron chi connectivity index (χ2n) is 3.50. The van der Waals surface area contributed by atoms with Crippen LogP contribution in [0.1, 0.15) is 40.5 Å². The zero-order valence-corrected chi connectivity index (χ0v) is 7.20. The summed E-state index contributed by atoms with van der Waals surface area (Å²) in [6.07, 6.45) is 2.51. The van der Waals surface area contributed by atoms with E-state index in [-0.39, 0.29) is 5.41 Å². The molecule has 0 aliphatic rings. The highest BCUT2D eigenvalue weighted by Gasteiger charge is 2.20. The van der Waals surface area contributed by atoms with Gasteiger partial charge < -0.3 is 0 Å². The summed E-state index contributed by atoms with van der Waals surface area (Å²) in [7, 11) is 0. The van der Waals surface area contributed by atoms with Crippen LogP contribution in [0, 0.1) is 18.3 Å². The van der Waals surface area contributed by atoms with Gasteiger partial charge in [0.25, 0.3) is 0 Å². The first-order valence-electron chi connectivity index (χ1n) is 3.87. The molecular weight excluding hydrogens is 108 g/mol. The molecule has 0 aromatic rings. The van der Waals surface area contributed by atoms with Crippen molar-refractivity contribution in [2.75, 3.05) is 0 Å². The second-order valence-corrected chi connectivity index (χ2v) is 3.50. The van der Waals surface area contributed by atoms with Gasteiger partial charge in [0.15, 0.2) is 0 Å². The van der Waals surface area contributed by atoms with E-state index >= 15 is 0 Å². The van der Waals surface area contributed by atoms with Gasteiger partial charge in [0.05, 0.1) is 0 Å². The highest BCUT2D eigenvalue weighted by molar-refractivity contribution is 4.78. The fraction of sp³-hybridized carbons (Fsp3) is 0.889. The molecule has 0 heteroatoms. The molecule has 0 nitrogen and oxygen atoms in total. The van der Waals surface area contributed by atoms with E-state index in [1.807, 2.05) is 0 Å². The molecule has 0 atom stereocenters. The maximum atomic E-state index is 4.11. The summed E-state index contributed by atoms with van der Waals surface area (Å²) in [6, 6.07) is 0. The molecule has 55 valence electrons. The lowest BCUT2D eigenvalue weighted by molar-refractivity contribution is 0.262. The Morgan fingerprint density at radius 1 is 1.22 bits per heavy atom. The first-order chi connectivity index (χ1) is 4.02. The van der Waals surface area contributed by atoms with Crippen molar-refractivity contribution in [2.24, 2.45) is 11.3 Å². The average Bonchev–Trinajstić information content (AvgIpc) is 1.65. The number of hydrogen-bond donors (Lipinski definition) is 0. The van der Waals surface area contributed by atoms with Crippen molar-refractivity contribution in [1.82, 2.24) is 0 Å². The largest absolute Gasteiger partial charge is 0.0651 e. The summed E-state index contributed by atoms with van der Waals surface area (Å²) in [4.78, 5) is 0. The zero-order valence-electron chi connectivity index (χ0n) is 7.20. The lowest BCUT2D eigenvalue weighted by Crippen LogP contribution is -2.18. The maximum Gasteiger partial charge on any atom is -0.0326 e. The summed E-state index contributed by atoms with van der Waals surface area (Å²) >= 11 is 0. The molecule has 0 unspecified atom stereocenters. The minimum atomic E-state index is 0.267. The van der Waals surface area contributed by atoms with Crippen LogP contribution in [0.25, 0.3) is 0 Å². The first kappa shape index (κ1) is 9.00. The molecule has 0 rings (SSSR count). The molecule has 9 heavy (non-hydrogen) atoms. The summed E-state index contributed by atoms with van der Waals surface area (Å²) in [5.74, 6) is 0.789. The standard InChI is InChI=1S/C9H19/c1-6-8(7-2)9(3,4)5/h8H,3,6-7H2,1-2,4-5H3. The van der Waals surface area contributed by atoms with Crippen LogP contribution in [0.4, 0.5) is 0 Å². The van der Waals surface area contributed by atoms with Gasteiger partial charge in [-0.1, -0.05) is 40.5 Å². The number of rotatable bonds is 3. The normalized spacial score (nSPS) is 12.7. The highest BCUT2D eigenvalue weighted by Crippen LogP contribution is 2.30. The monoisotopic (exact) mass is 127 g/mol. The van der Waals surface area contributed by atoms with Crippen molar-refractivity contribution in [2.45, 2.75) is 40.5 Å². The average molecular weight is 127 g/mol. The third-order valence-corrected chi connectivity index (χ3v) is 2.09. The Labute approximate surface area is 59.7 Å². The molecular formula is C9H19. The van der Waals surface area contributed by atoms with Gasteiger partial charge in [0, 0.05) is 0 Å². The van der Waals surface area contributed by atoms with Gasteiger partial charge in [0.2, 0.25) is 0 Å². The third kappa shape index (κ3) is 2.88. The van der Waals surface area contributed by atoms with E-state index in [1.165, 1.54) is 12.8 Å². The zero-order chi connectivity index (χ0) is 7.49. The topological polar surface area (TPSA) is 0 Å². The summed E-state index contributed by atoms with van der Waals surface area (Å²) < 4.78 is 0. The highest BCUT2D eigenvalue weighted by atomic mass is 14.3. The first-order valence-corrected chi connectivity index (χ1v) is 3.87. The van der Waals surface area contributed by atoms with Gasteiger partial charge in [-0.15, -0.1) is 0 Å². The number of hydrogen-bond acceptors (Lipinski definition) is 0. The smallest absolute Gasteiger partial charge is 0.0326 e. The van der Waals surface area contributed by atoms with E-state index in [0.717, 1.165) is 5.92 Å². The molecule has 0 saturated heterocycles. The van der Waals surface area contributed by atoms with Crippen molar-refractivity contribution < 1.29 is 0 Å². The van der Waals surface area contributed by atoms with Crippen molar-refractivity contribution >= 4 is 0 Å². The maximum absolute atomic E-state index is 4.11. The third-order valence-electron chi connectivity index (χ3n) is 2.09. The molecule has 0 saturated carbocycles. The fourth-order valence-corrected chi connectivity index (χ4v) is 1.39. The Bertz CT molecular complexity index is 62.6. The molecule has 0 aliphatic carbocycles. The van der Waals surface area contributed by atoms with Crippen LogP contribution in [0.2, 0.25) is 0 Å². The molecule has 1 radical (unpaired) electrons. The van der Waals surface area contributed by atoms with Crippen molar-refractivity contribution in [3.63, 3.8) is 0 Å². The SMILES string of the molecule is [CH2]C(C)(C)C(CC)CC. The Kier molecular flexibility index (Phi) is 3.24. The van der Waals surface area contributed by atoms with Gasteiger partial charge in [-0.05, 0) is 18.3 Å². The minimum Gasteiger partial charge on any atom is -0.0651 e. The molecule has 0 aromatic heterocycles. The van der Waals surface area contributed by atoms with E-state index < -0.39 is 0 Å². The summed E-state index contributed by atoms with van der Waals surface area (Å²) in [5, 5.41) is 0. The second kappa shape index (κ2) is 3.24. The Morgan fingerprint density at radius 3 is 1.56 bits per heavy atom. The Hall–Kier alpha value is 0. The molecule has 0 aliphatic heterocycles. The predicted octanol–water partition coefficient (Wildman–Crippen LogP) is 3.28. The van der Waals surface area contributed by atoms with Crippen LogP contribution >= 0.6 is 0 Å². The summed E-state index contributed by atoms with van der Waals surface area (Å²) in [5.41, 5.74) is 0.267.